The van der Waals surface area contributed by atoms with E-state index < -0.39 is 0 Å². The van der Waals surface area contributed by atoms with Crippen molar-refractivity contribution < 1.29 is 0 Å². The third-order valence-corrected chi connectivity index (χ3v) is 6.06. The summed E-state index contributed by atoms with van der Waals surface area (Å²) >= 11 is 7.42. The summed E-state index contributed by atoms with van der Waals surface area (Å²) in [6.45, 7) is 3.97. The minimum absolute atomic E-state index is 0.735. The maximum absolute atomic E-state index is 4.42. The Kier molecular flexibility index (Phi) is 4.20. The van der Waals surface area contributed by atoms with E-state index >= 15 is 0 Å². The van der Waals surface area contributed by atoms with Crippen molar-refractivity contribution in [2.75, 3.05) is 5.32 Å². The van der Waals surface area contributed by atoms with Gasteiger partial charge in [-0.1, -0.05) is 0 Å². The fourth-order valence-corrected chi connectivity index (χ4v) is 4.84. The summed E-state index contributed by atoms with van der Waals surface area (Å²) in [7, 11) is 1.56. The second-order valence-electron chi connectivity index (χ2n) is 4.08. The molecule has 20 heavy (non-hydrogen) atoms. The lowest BCUT2D eigenvalue weighted by Crippen LogP contribution is -1.98. The van der Waals surface area contributed by atoms with E-state index in [1.807, 2.05) is 17.2 Å². The third kappa shape index (κ3) is 2.55. The Bertz CT molecular complexity index is 785. The van der Waals surface area contributed by atoms with Crippen LogP contribution in [0, 0.1) is 13.8 Å². The van der Waals surface area contributed by atoms with Gasteiger partial charge in [-0.2, -0.15) is 9.19 Å². The zero-order valence-electron chi connectivity index (χ0n) is 10.5. The molecule has 3 aromatic rings. The van der Waals surface area contributed by atoms with Crippen LogP contribution in [0.25, 0.3) is 10.2 Å². The van der Waals surface area contributed by atoms with Crippen molar-refractivity contribution >= 4 is 79.3 Å². The Labute approximate surface area is 144 Å². The van der Waals surface area contributed by atoms with Crippen LogP contribution in [-0.4, -0.2) is 19.2 Å². The molecule has 1 N–H and O–H groups in total. The van der Waals surface area contributed by atoms with Crippen molar-refractivity contribution in [2.24, 2.45) is 0 Å². The predicted octanol–water partition coefficient (Wildman–Crippen LogP) is 4.86. The normalized spacial score (nSPS) is 11.2. The van der Waals surface area contributed by atoms with E-state index in [0.29, 0.717) is 0 Å². The van der Waals surface area contributed by atoms with Crippen LogP contribution in [0.3, 0.4) is 0 Å². The van der Waals surface area contributed by atoms with Crippen molar-refractivity contribution in [3.8, 4) is 0 Å². The van der Waals surface area contributed by atoms with Crippen LogP contribution in [0.5, 0.6) is 0 Å². The topological polar surface area (TPSA) is 55.6 Å². The predicted molar refractivity (Wildman–Crippen MR) is 97.1 cm³/mol. The monoisotopic (exact) mass is 481 g/mol. The summed E-state index contributed by atoms with van der Waals surface area (Å²) in [5.41, 5.74) is 1.06. The van der Waals surface area contributed by atoms with Crippen molar-refractivity contribution in [1.82, 2.24) is 19.2 Å². The molecule has 0 aromatic carbocycles. The molecule has 104 valence electrons. The summed E-state index contributed by atoms with van der Waals surface area (Å²) in [5.74, 6) is 1.51. The highest BCUT2D eigenvalue weighted by Crippen LogP contribution is 2.39. The molecule has 0 unspecified atom stereocenters. The average Bonchev–Trinajstić information content (AvgIpc) is 2.94. The first kappa shape index (κ1) is 14.5. The lowest BCUT2D eigenvalue weighted by Gasteiger charge is -2.07. The van der Waals surface area contributed by atoms with Crippen LogP contribution >= 0.6 is 57.6 Å². The molecule has 0 fully saturated rings. The summed E-state index contributed by atoms with van der Waals surface area (Å²) in [6, 6.07) is 0. The molecule has 0 amide bonds. The first-order valence-electron chi connectivity index (χ1n) is 5.62. The zero-order chi connectivity index (χ0) is 14.3. The molecule has 0 saturated carbocycles. The van der Waals surface area contributed by atoms with Crippen molar-refractivity contribution in [3.05, 3.63) is 27.6 Å². The lowest BCUT2D eigenvalue weighted by atomic mass is 10.3. The SMILES string of the molecule is Cc1ncc(Br)c(Nc2c(C)sc3c2cnn3SI)n1. The van der Waals surface area contributed by atoms with Gasteiger partial charge in [-0.25, -0.2) is 9.97 Å². The minimum Gasteiger partial charge on any atom is -0.338 e. The first-order valence-corrected chi connectivity index (χ1v) is 10.5. The second kappa shape index (κ2) is 5.78. The fraction of sp³-hybridized carbons (Fsp3) is 0.182. The number of anilines is 2. The minimum atomic E-state index is 0.735. The van der Waals surface area contributed by atoms with Gasteiger partial charge in [0.1, 0.15) is 16.5 Å². The molecule has 0 aliphatic rings. The smallest absolute Gasteiger partial charge is 0.148 e. The summed E-state index contributed by atoms with van der Waals surface area (Å²) in [6.07, 6.45) is 3.64. The maximum Gasteiger partial charge on any atom is 0.148 e. The van der Waals surface area contributed by atoms with Gasteiger partial charge in [0.25, 0.3) is 0 Å². The standard InChI is InChI=1S/C11H9BrIN5S2/c1-5-9(7-3-15-18(20-13)11(7)19-5)17-10-8(12)4-14-6(2)16-10/h3-4H,1-2H3,(H,14,16,17). The highest BCUT2D eigenvalue weighted by atomic mass is 127. The third-order valence-electron chi connectivity index (χ3n) is 2.74. The van der Waals surface area contributed by atoms with Gasteiger partial charge >= 0.3 is 0 Å². The number of aromatic nitrogens is 4. The van der Waals surface area contributed by atoms with Gasteiger partial charge in [0.05, 0.1) is 21.7 Å². The fourth-order valence-electron chi connectivity index (χ4n) is 1.84. The lowest BCUT2D eigenvalue weighted by molar-refractivity contribution is 1.05. The highest BCUT2D eigenvalue weighted by molar-refractivity contribution is 14.2. The number of thiophene rings is 1. The number of aryl methyl sites for hydroxylation is 2. The van der Waals surface area contributed by atoms with E-state index in [-0.39, 0.29) is 0 Å². The Morgan fingerprint density at radius 2 is 2.20 bits per heavy atom. The van der Waals surface area contributed by atoms with Gasteiger partial charge in [-0.15, -0.1) is 11.3 Å². The quantitative estimate of drug-likeness (QED) is 0.541. The van der Waals surface area contributed by atoms with Gasteiger partial charge in [0.2, 0.25) is 0 Å². The molecule has 0 spiro atoms. The van der Waals surface area contributed by atoms with Gasteiger partial charge < -0.3 is 5.32 Å². The van der Waals surface area contributed by atoms with Crippen LogP contribution in [0.15, 0.2) is 16.9 Å². The van der Waals surface area contributed by atoms with Gasteiger partial charge in [-0.3, -0.25) is 0 Å². The molecular weight excluding hydrogens is 473 g/mol. The molecule has 0 bridgehead atoms. The Morgan fingerprint density at radius 3 is 2.95 bits per heavy atom. The molecule has 5 nitrogen and oxygen atoms in total. The van der Waals surface area contributed by atoms with Crippen LogP contribution in [0.2, 0.25) is 0 Å². The molecular formula is C11H9BrIN5S2. The zero-order valence-corrected chi connectivity index (χ0v) is 15.9. The van der Waals surface area contributed by atoms with Crippen LogP contribution in [0.4, 0.5) is 11.5 Å². The molecule has 3 heterocycles. The summed E-state index contributed by atoms with van der Waals surface area (Å²) in [4.78, 5) is 10.9. The molecule has 3 aromatic heterocycles. The largest absolute Gasteiger partial charge is 0.338 e. The number of hydrogen-bond donors (Lipinski definition) is 1. The van der Waals surface area contributed by atoms with Crippen LogP contribution in [-0.2, 0) is 0 Å². The number of nitrogens with zero attached hydrogens (tertiary/aromatic N) is 4. The molecule has 0 atom stereocenters. The second-order valence-corrected chi connectivity index (χ2v) is 7.80. The van der Waals surface area contributed by atoms with E-state index in [1.165, 1.54) is 4.88 Å². The van der Waals surface area contributed by atoms with Crippen molar-refractivity contribution in [1.29, 1.82) is 0 Å². The number of rotatable bonds is 3. The van der Waals surface area contributed by atoms with E-state index in [4.69, 9.17) is 0 Å². The maximum atomic E-state index is 4.42. The van der Waals surface area contributed by atoms with Gasteiger partial charge in [0.15, 0.2) is 0 Å². The molecule has 3 rings (SSSR count). The van der Waals surface area contributed by atoms with Crippen LogP contribution in [0.1, 0.15) is 10.7 Å². The highest BCUT2D eigenvalue weighted by Gasteiger charge is 2.15. The molecule has 0 radical (unpaired) electrons. The van der Waals surface area contributed by atoms with E-state index in [0.717, 1.165) is 32.0 Å². The summed E-state index contributed by atoms with van der Waals surface area (Å²) in [5, 5.41) is 8.86. The summed E-state index contributed by atoms with van der Waals surface area (Å²) < 4.78 is 2.76. The van der Waals surface area contributed by atoms with Gasteiger partial charge in [0, 0.05) is 41.4 Å². The Morgan fingerprint density at radius 1 is 1.40 bits per heavy atom. The average molecular weight is 482 g/mol. The van der Waals surface area contributed by atoms with Crippen LogP contribution < -0.4 is 5.32 Å². The number of fused-ring (bicyclic) bond motifs is 1. The molecule has 0 aliphatic heterocycles. The van der Waals surface area contributed by atoms with E-state index in [9.17, 15) is 0 Å². The first-order chi connectivity index (χ1) is 9.60. The van der Waals surface area contributed by atoms with Crippen molar-refractivity contribution in [2.45, 2.75) is 13.8 Å². The Balaban J connectivity index is 2.08. The number of halogens is 2. The Hall–Kier alpha value is -0.390. The molecule has 0 saturated heterocycles. The van der Waals surface area contributed by atoms with E-state index in [1.54, 1.807) is 26.7 Å². The molecule has 0 aliphatic carbocycles. The van der Waals surface area contributed by atoms with E-state index in [2.05, 4.69) is 64.4 Å². The van der Waals surface area contributed by atoms with Gasteiger partial charge in [-0.05, 0) is 29.8 Å². The number of nitrogens with one attached hydrogen (secondary N) is 1. The van der Waals surface area contributed by atoms with Crippen molar-refractivity contribution in [3.63, 3.8) is 0 Å². The molecule has 9 heteroatoms. The number of hydrogen-bond acceptors (Lipinski definition) is 6.